The Bertz CT molecular complexity index is 592. The van der Waals surface area contributed by atoms with Crippen molar-refractivity contribution in [3.8, 4) is 5.75 Å². The van der Waals surface area contributed by atoms with E-state index in [9.17, 15) is 14.4 Å². The second-order valence-corrected chi connectivity index (χ2v) is 5.68. The maximum atomic E-state index is 12.3. The summed E-state index contributed by atoms with van der Waals surface area (Å²) >= 11 is 0.825. The molecule has 8 heteroatoms. The van der Waals surface area contributed by atoms with Crippen molar-refractivity contribution in [2.75, 3.05) is 25.2 Å². The van der Waals surface area contributed by atoms with E-state index in [0.717, 1.165) is 16.7 Å². The lowest BCUT2D eigenvalue weighted by molar-refractivity contribution is -0.124. The van der Waals surface area contributed by atoms with Crippen LogP contribution in [0.1, 0.15) is 6.42 Å². The zero-order valence-electron chi connectivity index (χ0n) is 11.9. The second-order valence-electron chi connectivity index (χ2n) is 4.53. The molecule has 3 amide bonds. The number of amides is 3. The Morgan fingerprint density at radius 2 is 2.23 bits per heavy atom. The van der Waals surface area contributed by atoms with Crippen LogP contribution in [0.15, 0.2) is 24.3 Å². The normalized spacial score (nSPS) is 17.7. The number of ether oxygens (including phenoxy) is 1. The van der Waals surface area contributed by atoms with E-state index >= 15 is 0 Å². The number of thioether (sulfide) groups is 1. The molecular weight excluding hydrogens is 308 g/mol. The van der Waals surface area contributed by atoms with E-state index in [4.69, 9.17) is 9.84 Å². The van der Waals surface area contributed by atoms with E-state index in [1.165, 1.54) is 7.11 Å². The van der Waals surface area contributed by atoms with Gasteiger partial charge in [-0.15, -0.1) is 0 Å². The van der Waals surface area contributed by atoms with Crippen LogP contribution in [0.5, 0.6) is 5.75 Å². The molecule has 1 unspecified atom stereocenters. The number of benzene rings is 1. The lowest BCUT2D eigenvalue weighted by atomic mass is 10.2. The molecule has 1 aromatic rings. The third-order valence-electron chi connectivity index (χ3n) is 3.04. The minimum Gasteiger partial charge on any atom is -0.497 e. The van der Waals surface area contributed by atoms with Gasteiger partial charge < -0.3 is 15.2 Å². The molecule has 0 saturated carbocycles. The number of aliphatic hydroxyl groups is 1. The Hall–Kier alpha value is -2.06. The molecule has 1 saturated heterocycles. The Kier molecular flexibility index (Phi) is 5.40. The molecule has 1 fully saturated rings. The number of carbonyl (C=O) groups is 3. The van der Waals surface area contributed by atoms with Gasteiger partial charge in [0.1, 0.15) is 11.0 Å². The fourth-order valence-corrected chi connectivity index (χ4v) is 2.99. The molecule has 1 aliphatic heterocycles. The van der Waals surface area contributed by atoms with Crippen LogP contribution in [0.25, 0.3) is 0 Å². The van der Waals surface area contributed by atoms with Crippen molar-refractivity contribution in [3.05, 3.63) is 24.3 Å². The Labute approximate surface area is 131 Å². The summed E-state index contributed by atoms with van der Waals surface area (Å²) in [5.41, 5.74) is 0.417. The van der Waals surface area contributed by atoms with Crippen LogP contribution >= 0.6 is 11.8 Å². The van der Waals surface area contributed by atoms with Gasteiger partial charge >= 0.3 is 0 Å². The smallest absolute Gasteiger partial charge is 0.293 e. The van der Waals surface area contributed by atoms with Crippen LogP contribution in [-0.2, 0) is 9.59 Å². The quantitative estimate of drug-likeness (QED) is 0.802. The minimum atomic E-state index is -0.752. The van der Waals surface area contributed by atoms with Crippen molar-refractivity contribution >= 4 is 34.5 Å². The lowest BCUT2D eigenvalue weighted by Gasteiger charge is -2.14. The first-order valence-electron chi connectivity index (χ1n) is 6.63. The number of anilines is 1. The summed E-state index contributed by atoms with van der Waals surface area (Å²) in [6.07, 6.45) is -0.101. The summed E-state index contributed by atoms with van der Waals surface area (Å²) in [6, 6.07) is 6.61. The van der Waals surface area contributed by atoms with E-state index in [0.29, 0.717) is 11.4 Å². The number of carbonyl (C=O) groups excluding carboxylic acids is 3. The van der Waals surface area contributed by atoms with Gasteiger partial charge in [-0.1, -0.05) is 6.07 Å². The Morgan fingerprint density at radius 3 is 2.91 bits per heavy atom. The summed E-state index contributed by atoms with van der Waals surface area (Å²) < 4.78 is 5.08. The molecule has 1 heterocycles. The largest absolute Gasteiger partial charge is 0.497 e. The predicted molar refractivity (Wildman–Crippen MR) is 82.0 cm³/mol. The molecule has 2 N–H and O–H groups in total. The fraction of sp³-hybridized carbons (Fsp3) is 0.357. The van der Waals surface area contributed by atoms with Gasteiger partial charge in [0.15, 0.2) is 0 Å². The van der Waals surface area contributed by atoms with Crippen LogP contribution in [-0.4, -0.2) is 47.7 Å². The first kappa shape index (κ1) is 16.3. The van der Waals surface area contributed by atoms with Crippen molar-refractivity contribution in [1.82, 2.24) is 5.32 Å². The number of rotatable bonds is 6. The number of aliphatic hydroxyl groups excluding tert-OH is 1. The highest BCUT2D eigenvalue weighted by Crippen LogP contribution is 2.34. The third kappa shape index (κ3) is 3.58. The molecule has 0 aliphatic carbocycles. The Balaban J connectivity index is 2.09. The zero-order chi connectivity index (χ0) is 16.1. The van der Waals surface area contributed by atoms with Gasteiger partial charge in [-0.3, -0.25) is 14.4 Å². The van der Waals surface area contributed by atoms with Gasteiger partial charge in [0.05, 0.1) is 19.4 Å². The first-order chi connectivity index (χ1) is 10.6. The van der Waals surface area contributed by atoms with Gasteiger partial charge in [0.2, 0.25) is 11.8 Å². The maximum Gasteiger partial charge on any atom is 0.293 e. The third-order valence-corrected chi connectivity index (χ3v) is 4.07. The van der Waals surface area contributed by atoms with Crippen molar-refractivity contribution in [1.29, 1.82) is 0 Å². The van der Waals surface area contributed by atoms with Crippen LogP contribution in [0.2, 0.25) is 0 Å². The standard InChI is InChI=1S/C14H16N2O5S/c1-21-10-4-2-3-9(7-10)16-13(19)11(22-14(16)20)8-12(18)15-5-6-17/h2-4,7,11,17H,5-6,8H2,1H3,(H,15,18). The zero-order valence-corrected chi connectivity index (χ0v) is 12.8. The highest BCUT2D eigenvalue weighted by atomic mass is 32.2. The molecule has 7 nitrogen and oxygen atoms in total. The van der Waals surface area contributed by atoms with Crippen molar-refractivity contribution < 1.29 is 24.2 Å². The molecule has 1 atom stereocenters. The number of hydrogen-bond acceptors (Lipinski definition) is 6. The van der Waals surface area contributed by atoms with Gasteiger partial charge in [0, 0.05) is 19.0 Å². The van der Waals surface area contributed by atoms with Crippen LogP contribution in [0.4, 0.5) is 10.5 Å². The van der Waals surface area contributed by atoms with Gasteiger partial charge in [-0.05, 0) is 23.9 Å². The molecule has 22 heavy (non-hydrogen) atoms. The Morgan fingerprint density at radius 1 is 1.45 bits per heavy atom. The summed E-state index contributed by atoms with van der Waals surface area (Å²) in [5.74, 6) is -0.269. The molecular formula is C14H16N2O5S. The van der Waals surface area contributed by atoms with Crippen LogP contribution in [0.3, 0.4) is 0 Å². The van der Waals surface area contributed by atoms with Crippen molar-refractivity contribution in [2.45, 2.75) is 11.7 Å². The number of nitrogens with one attached hydrogen (secondary N) is 1. The fourth-order valence-electron chi connectivity index (χ4n) is 2.01. The number of hydrogen-bond donors (Lipinski definition) is 2. The molecule has 1 aliphatic rings. The minimum absolute atomic E-state index is 0.101. The van der Waals surface area contributed by atoms with Gasteiger partial charge in [-0.2, -0.15) is 0 Å². The SMILES string of the molecule is COc1cccc(N2C(=O)SC(CC(=O)NCCO)C2=O)c1. The summed E-state index contributed by atoms with van der Waals surface area (Å²) in [7, 11) is 1.50. The van der Waals surface area contributed by atoms with Crippen molar-refractivity contribution in [2.24, 2.45) is 0 Å². The number of methoxy groups -OCH3 is 1. The first-order valence-corrected chi connectivity index (χ1v) is 7.51. The predicted octanol–water partition coefficient (Wildman–Crippen LogP) is 0.762. The highest BCUT2D eigenvalue weighted by Gasteiger charge is 2.41. The average molecular weight is 324 g/mol. The van der Waals surface area contributed by atoms with E-state index in [1.54, 1.807) is 24.3 Å². The molecule has 118 valence electrons. The van der Waals surface area contributed by atoms with Crippen LogP contribution < -0.4 is 15.0 Å². The van der Waals surface area contributed by atoms with Gasteiger partial charge in [-0.25, -0.2) is 4.90 Å². The highest BCUT2D eigenvalue weighted by molar-refractivity contribution is 8.15. The molecule has 0 radical (unpaired) electrons. The van der Waals surface area contributed by atoms with Gasteiger partial charge in [0.25, 0.3) is 5.24 Å². The maximum absolute atomic E-state index is 12.3. The van der Waals surface area contributed by atoms with E-state index in [2.05, 4.69) is 5.32 Å². The molecule has 0 bridgehead atoms. The topological polar surface area (TPSA) is 95.9 Å². The summed E-state index contributed by atoms with van der Waals surface area (Å²) in [6.45, 7) is -0.0513. The molecule has 2 rings (SSSR count). The summed E-state index contributed by atoms with van der Waals surface area (Å²) in [4.78, 5) is 37.1. The molecule has 0 aromatic heterocycles. The van der Waals surface area contributed by atoms with Crippen molar-refractivity contribution in [3.63, 3.8) is 0 Å². The van der Waals surface area contributed by atoms with E-state index in [1.807, 2.05) is 0 Å². The second kappa shape index (κ2) is 7.28. The average Bonchev–Trinajstić information content (AvgIpc) is 2.79. The number of imide groups is 1. The molecule has 0 spiro atoms. The van der Waals surface area contributed by atoms with E-state index < -0.39 is 16.4 Å². The molecule has 1 aromatic carbocycles. The lowest BCUT2D eigenvalue weighted by Crippen LogP contribution is -2.35. The monoisotopic (exact) mass is 324 g/mol. The van der Waals surface area contributed by atoms with E-state index in [-0.39, 0.29) is 25.5 Å². The summed E-state index contributed by atoms with van der Waals surface area (Å²) in [5, 5.41) is 9.94. The number of nitrogens with zero attached hydrogens (tertiary/aromatic N) is 1. The van der Waals surface area contributed by atoms with Crippen LogP contribution in [0, 0.1) is 0 Å².